The van der Waals surface area contributed by atoms with Gasteiger partial charge in [0.1, 0.15) is 11.4 Å². The quantitative estimate of drug-likeness (QED) is 0.485. The Morgan fingerprint density at radius 1 is 1.36 bits per heavy atom. The van der Waals surface area contributed by atoms with Crippen LogP contribution in [0, 0.1) is 26.9 Å². The number of nitro groups is 1. The van der Waals surface area contributed by atoms with E-state index in [2.05, 4.69) is 8.75 Å². The Balaban J connectivity index is 0.00000242. The van der Waals surface area contributed by atoms with Gasteiger partial charge in [0.2, 0.25) is 0 Å². The number of hydrogen-bond donors (Lipinski definition) is 0. The van der Waals surface area contributed by atoms with Gasteiger partial charge in [0.05, 0.1) is 22.7 Å². The van der Waals surface area contributed by atoms with Gasteiger partial charge in [-0.1, -0.05) is 20.8 Å². The van der Waals surface area contributed by atoms with Crippen LogP contribution in [0.4, 0.5) is 5.69 Å². The molecule has 0 radical (unpaired) electrons. The van der Waals surface area contributed by atoms with E-state index in [-0.39, 0.29) is 52.1 Å². The molecule has 1 atom stereocenters. The summed E-state index contributed by atoms with van der Waals surface area (Å²) < 4.78 is 7.92. The molecule has 110 valence electrons. The number of hydrogen-bond acceptors (Lipinski definition) is 7. The molecule has 2 aromatic rings. The van der Waals surface area contributed by atoms with E-state index in [0.29, 0.717) is 5.56 Å². The first-order valence-corrected chi connectivity index (χ1v) is 6.84. The average Bonchev–Trinajstić information content (AvgIpc) is 2.87. The molecular formula is C13H13N4NaO3S. The molecule has 0 saturated heterocycles. The van der Waals surface area contributed by atoms with Crippen molar-refractivity contribution in [2.45, 2.75) is 26.7 Å². The molecule has 0 aliphatic rings. The van der Waals surface area contributed by atoms with Gasteiger partial charge in [-0.25, -0.2) is 0 Å². The normalized spacial score (nSPS) is 12.3. The Morgan fingerprint density at radius 2 is 1.95 bits per heavy atom. The van der Waals surface area contributed by atoms with Gasteiger partial charge in [0, 0.05) is 17.0 Å². The number of non-ortho nitro benzene ring substituents is 1. The van der Waals surface area contributed by atoms with Crippen LogP contribution < -0.4 is 0 Å². The first kappa shape index (κ1) is 18.6. The van der Waals surface area contributed by atoms with Crippen LogP contribution in [0.15, 0.2) is 12.1 Å². The predicted octanol–water partition coefficient (Wildman–Crippen LogP) is 2.17. The van der Waals surface area contributed by atoms with Crippen molar-refractivity contribution in [3.8, 4) is 6.07 Å². The predicted molar refractivity (Wildman–Crippen MR) is 84.0 cm³/mol. The van der Waals surface area contributed by atoms with Gasteiger partial charge in [-0.3, -0.25) is 14.9 Å². The first-order chi connectivity index (χ1) is 9.77. The van der Waals surface area contributed by atoms with Gasteiger partial charge < -0.3 is 0 Å². The van der Waals surface area contributed by atoms with Crippen LogP contribution in [-0.2, 0) is 4.79 Å². The van der Waals surface area contributed by atoms with E-state index in [0.717, 1.165) is 11.7 Å². The molecular weight excluding hydrogens is 315 g/mol. The number of carbonyl (C=O) groups excluding carboxylic acids is 1. The zero-order valence-corrected chi connectivity index (χ0v) is 12.5. The van der Waals surface area contributed by atoms with Crippen molar-refractivity contribution >= 4 is 63.8 Å². The zero-order chi connectivity index (χ0) is 15.8. The molecule has 0 fully saturated rings. The van der Waals surface area contributed by atoms with Gasteiger partial charge in [-0.15, -0.1) is 0 Å². The van der Waals surface area contributed by atoms with E-state index < -0.39 is 16.3 Å². The molecule has 0 spiro atoms. The number of aromatic nitrogens is 2. The van der Waals surface area contributed by atoms with Crippen molar-refractivity contribution in [1.82, 2.24) is 8.75 Å². The third kappa shape index (κ3) is 3.33. The molecule has 0 saturated carbocycles. The molecule has 1 heterocycles. The van der Waals surface area contributed by atoms with E-state index in [4.69, 9.17) is 0 Å². The van der Waals surface area contributed by atoms with E-state index in [1.165, 1.54) is 12.1 Å². The molecule has 2 rings (SSSR count). The van der Waals surface area contributed by atoms with Gasteiger partial charge >= 0.3 is 29.6 Å². The first-order valence-electron chi connectivity index (χ1n) is 6.11. The van der Waals surface area contributed by atoms with Crippen LogP contribution in [0.1, 0.15) is 32.3 Å². The number of Topliss-reactive ketones (excluding diaryl/α,β-unsaturated/α-hetero) is 1. The summed E-state index contributed by atoms with van der Waals surface area (Å²) in [5.41, 5.74) is -0.144. The second kappa shape index (κ2) is 6.79. The Morgan fingerprint density at radius 3 is 2.45 bits per heavy atom. The van der Waals surface area contributed by atoms with E-state index >= 15 is 0 Å². The zero-order valence-electron chi connectivity index (χ0n) is 11.7. The van der Waals surface area contributed by atoms with E-state index in [9.17, 15) is 20.2 Å². The molecule has 1 aromatic carbocycles. The second-order valence-corrected chi connectivity index (χ2v) is 6.10. The third-order valence-corrected chi connectivity index (χ3v) is 3.59. The molecule has 1 unspecified atom stereocenters. The Hall–Kier alpha value is -1.40. The number of nitriles is 1. The fraction of sp³-hybridized carbons (Fsp3) is 0.385. The van der Waals surface area contributed by atoms with Crippen LogP contribution in [-0.4, -0.2) is 49.0 Å². The molecule has 22 heavy (non-hydrogen) atoms. The molecule has 0 bridgehead atoms. The molecule has 0 amide bonds. The van der Waals surface area contributed by atoms with E-state index in [1.807, 2.05) is 6.07 Å². The van der Waals surface area contributed by atoms with Crippen molar-refractivity contribution in [3.63, 3.8) is 0 Å². The van der Waals surface area contributed by atoms with Gasteiger partial charge in [0.15, 0.2) is 11.3 Å². The minimum absolute atomic E-state index is 0. The molecule has 1 aromatic heterocycles. The fourth-order valence-corrected chi connectivity index (χ4v) is 2.53. The summed E-state index contributed by atoms with van der Waals surface area (Å²) >= 11 is 0.821. The number of ketones is 1. The SMILES string of the molecule is CC(C)(C)C(=O)C(C#N)c1ccc([N+](=O)[O-])c2nsnc12.[NaH]. The summed E-state index contributed by atoms with van der Waals surface area (Å²) in [4.78, 5) is 22.8. The van der Waals surface area contributed by atoms with Gasteiger partial charge in [-0.2, -0.15) is 14.0 Å². The maximum absolute atomic E-state index is 12.4. The van der Waals surface area contributed by atoms with Crippen molar-refractivity contribution in [1.29, 1.82) is 5.26 Å². The second-order valence-electron chi connectivity index (χ2n) is 5.57. The fourth-order valence-electron chi connectivity index (χ4n) is 1.96. The number of rotatable bonds is 3. The Kier molecular flexibility index (Phi) is 5.76. The summed E-state index contributed by atoms with van der Waals surface area (Å²) in [6.07, 6.45) is 0. The van der Waals surface area contributed by atoms with E-state index in [1.54, 1.807) is 20.8 Å². The van der Waals surface area contributed by atoms with Crippen molar-refractivity contribution < 1.29 is 9.72 Å². The average molecular weight is 328 g/mol. The summed E-state index contributed by atoms with van der Waals surface area (Å²) in [6, 6.07) is 4.65. The molecule has 9 heteroatoms. The molecule has 0 aliphatic heterocycles. The van der Waals surface area contributed by atoms with Crippen molar-refractivity contribution in [2.75, 3.05) is 0 Å². The Labute approximate surface area is 153 Å². The summed E-state index contributed by atoms with van der Waals surface area (Å²) in [6.45, 7) is 5.17. The van der Waals surface area contributed by atoms with Crippen LogP contribution >= 0.6 is 11.7 Å². The Bertz CT molecular complexity index is 776. The minimum atomic E-state index is -1.02. The molecule has 7 nitrogen and oxygen atoms in total. The molecule has 0 N–H and O–H groups in total. The van der Waals surface area contributed by atoms with Crippen LogP contribution in [0.25, 0.3) is 11.0 Å². The topological polar surface area (TPSA) is 110 Å². The van der Waals surface area contributed by atoms with Crippen LogP contribution in [0.3, 0.4) is 0 Å². The van der Waals surface area contributed by atoms with Gasteiger partial charge in [-0.05, 0) is 6.07 Å². The monoisotopic (exact) mass is 328 g/mol. The van der Waals surface area contributed by atoms with Crippen LogP contribution in [0.2, 0.25) is 0 Å². The van der Waals surface area contributed by atoms with Crippen LogP contribution in [0.5, 0.6) is 0 Å². The number of nitrogens with zero attached hydrogens (tertiary/aromatic N) is 4. The van der Waals surface area contributed by atoms with Crippen molar-refractivity contribution in [3.05, 3.63) is 27.8 Å². The van der Waals surface area contributed by atoms with Crippen molar-refractivity contribution in [2.24, 2.45) is 5.41 Å². The summed E-state index contributed by atoms with van der Waals surface area (Å²) in [5.74, 6) is -1.27. The maximum atomic E-state index is 12.4. The summed E-state index contributed by atoms with van der Waals surface area (Å²) in [5, 5.41) is 20.3. The molecule has 0 aliphatic carbocycles. The summed E-state index contributed by atoms with van der Waals surface area (Å²) in [7, 11) is 0. The third-order valence-electron chi connectivity index (χ3n) is 3.06. The number of fused-ring (bicyclic) bond motifs is 1. The number of nitro benzene ring substituents is 1. The van der Waals surface area contributed by atoms with Gasteiger partial charge in [0.25, 0.3) is 5.69 Å². The number of carbonyl (C=O) groups is 1. The number of benzene rings is 1. The standard InChI is InChI=1S/C13H12N4O3S.Na.H/c1-13(2,3)12(18)8(6-14)7-4-5-9(17(19)20)11-10(7)15-21-16-11;;/h4-5,8H,1-3H3;;.